The summed E-state index contributed by atoms with van der Waals surface area (Å²) in [5.74, 6) is 0.303. The van der Waals surface area contributed by atoms with E-state index in [0.29, 0.717) is 18.9 Å². The predicted octanol–water partition coefficient (Wildman–Crippen LogP) is 1.68. The van der Waals surface area contributed by atoms with Crippen molar-refractivity contribution in [3.8, 4) is 0 Å². The van der Waals surface area contributed by atoms with Crippen LogP contribution in [0.2, 0.25) is 0 Å². The molecule has 0 spiro atoms. The Hall–Kier alpha value is -0.830. The highest BCUT2D eigenvalue weighted by atomic mass is 16.2. The molecule has 1 heterocycles. The lowest BCUT2D eigenvalue weighted by Gasteiger charge is -2.42. The van der Waals surface area contributed by atoms with Crippen LogP contribution in [-0.2, 0) is 4.79 Å². The summed E-state index contributed by atoms with van der Waals surface area (Å²) in [6.07, 6.45) is 7.41. The minimum Gasteiger partial charge on any atom is -0.338 e. The Morgan fingerprint density at radius 2 is 2.31 bits per heavy atom. The van der Waals surface area contributed by atoms with Crippen molar-refractivity contribution in [2.24, 2.45) is 11.1 Å². The molecule has 2 rings (SSSR count). The maximum absolute atomic E-state index is 12.2. The summed E-state index contributed by atoms with van der Waals surface area (Å²) in [5.41, 5.74) is 7.25. The molecule has 1 saturated carbocycles. The van der Waals surface area contributed by atoms with E-state index in [1.165, 1.54) is 12.0 Å². The second-order valence-electron chi connectivity index (χ2n) is 5.39. The highest BCUT2D eigenvalue weighted by molar-refractivity contribution is 5.77. The monoisotopic (exact) mass is 222 g/mol. The molecule has 0 bridgehead atoms. The van der Waals surface area contributed by atoms with E-state index in [1.54, 1.807) is 0 Å². The molecule has 2 N–H and O–H groups in total. The van der Waals surface area contributed by atoms with Crippen LogP contribution < -0.4 is 5.73 Å². The topological polar surface area (TPSA) is 46.3 Å². The minimum absolute atomic E-state index is 0.145. The van der Waals surface area contributed by atoms with E-state index in [2.05, 4.69) is 13.0 Å². The van der Waals surface area contributed by atoms with Crippen molar-refractivity contribution < 1.29 is 4.79 Å². The molecule has 2 aliphatic rings. The molecule has 3 heteroatoms. The smallest absolute Gasteiger partial charge is 0.223 e. The van der Waals surface area contributed by atoms with Gasteiger partial charge in [-0.1, -0.05) is 18.1 Å². The van der Waals surface area contributed by atoms with Crippen LogP contribution >= 0.6 is 0 Å². The fourth-order valence-corrected chi connectivity index (χ4v) is 2.69. The summed E-state index contributed by atoms with van der Waals surface area (Å²) in [7, 11) is 0. The normalized spacial score (nSPS) is 23.6. The molecule has 90 valence electrons. The van der Waals surface area contributed by atoms with Crippen molar-refractivity contribution >= 4 is 5.91 Å². The Labute approximate surface area is 97.7 Å². The van der Waals surface area contributed by atoms with E-state index >= 15 is 0 Å². The second-order valence-corrected chi connectivity index (χ2v) is 5.39. The van der Waals surface area contributed by atoms with E-state index < -0.39 is 0 Å². The second kappa shape index (κ2) is 4.58. The van der Waals surface area contributed by atoms with Gasteiger partial charge in [-0.25, -0.2) is 0 Å². The van der Waals surface area contributed by atoms with Crippen molar-refractivity contribution in [1.82, 2.24) is 4.90 Å². The van der Waals surface area contributed by atoms with Gasteiger partial charge in [-0.3, -0.25) is 4.79 Å². The largest absolute Gasteiger partial charge is 0.338 e. The Morgan fingerprint density at radius 3 is 2.81 bits per heavy atom. The van der Waals surface area contributed by atoms with Gasteiger partial charge in [0.2, 0.25) is 5.91 Å². The van der Waals surface area contributed by atoms with Crippen LogP contribution in [-0.4, -0.2) is 30.4 Å². The Morgan fingerprint density at radius 1 is 1.56 bits per heavy atom. The molecule has 0 saturated heterocycles. The van der Waals surface area contributed by atoms with Crippen LogP contribution in [0.15, 0.2) is 11.6 Å². The van der Waals surface area contributed by atoms with Crippen molar-refractivity contribution in [3.05, 3.63) is 11.6 Å². The van der Waals surface area contributed by atoms with Crippen LogP contribution in [0, 0.1) is 5.41 Å². The summed E-state index contributed by atoms with van der Waals surface area (Å²) in [5, 5.41) is 0. The van der Waals surface area contributed by atoms with E-state index in [9.17, 15) is 4.79 Å². The lowest BCUT2D eigenvalue weighted by molar-refractivity contribution is -0.134. The maximum atomic E-state index is 12.2. The first-order valence-electron chi connectivity index (χ1n) is 6.29. The third kappa shape index (κ3) is 2.29. The molecule has 1 amide bonds. The SMILES string of the molecule is CC1=CCCN(C(=O)CC2(CN)CCC2)C1. The standard InChI is InChI=1S/C13H22N2O/c1-11-4-2-7-15(9-11)12(16)8-13(10-14)5-3-6-13/h4H,2-3,5-10,14H2,1H3. The third-order valence-corrected chi connectivity index (χ3v) is 4.06. The number of hydrogen-bond donors (Lipinski definition) is 1. The van der Waals surface area contributed by atoms with E-state index in [-0.39, 0.29) is 5.41 Å². The predicted molar refractivity (Wildman–Crippen MR) is 64.9 cm³/mol. The van der Waals surface area contributed by atoms with Crippen LogP contribution in [0.1, 0.15) is 39.0 Å². The molecule has 3 nitrogen and oxygen atoms in total. The van der Waals surface area contributed by atoms with Gasteiger partial charge in [-0.05, 0) is 38.1 Å². The number of hydrogen-bond acceptors (Lipinski definition) is 2. The summed E-state index contributed by atoms with van der Waals surface area (Å²) in [6, 6.07) is 0. The summed E-state index contributed by atoms with van der Waals surface area (Å²) in [6.45, 7) is 4.47. The number of carbonyl (C=O) groups is 1. The molecule has 0 aromatic rings. The average molecular weight is 222 g/mol. The Balaban J connectivity index is 1.90. The third-order valence-electron chi connectivity index (χ3n) is 4.06. The van der Waals surface area contributed by atoms with Crippen molar-refractivity contribution in [3.63, 3.8) is 0 Å². The van der Waals surface area contributed by atoms with Gasteiger partial charge >= 0.3 is 0 Å². The molecule has 1 fully saturated rings. The molecule has 0 atom stereocenters. The van der Waals surface area contributed by atoms with Crippen molar-refractivity contribution in [2.75, 3.05) is 19.6 Å². The Bertz CT molecular complexity index is 300. The molecule has 0 unspecified atom stereocenters. The number of rotatable bonds is 3. The maximum Gasteiger partial charge on any atom is 0.223 e. The van der Waals surface area contributed by atoms with Gasteiger partial charge in [-0.15, -0.1) is 0 Å². The van der Waals surface area contributed by atoms with Crippen LogP contribution in [0.4, 0.5) is 0 Å². The molecular formula is C13H22N2O. The highest BCUT2D eigenvalue weighted by Gasteiger charge is 2.38. The lowest BCUT2D eigenvalue weighted by atomic mass is 9.66. The molecule has 0 radical (unpaired) electrons. The molecular weight excluding hydrogens is 200 g/mol. The van der Waals surface area contributed by atoms with Crippen molar-refractivity contribution in [2.45, 2.75) is 39.0 Å². The number of nitrogens with zero attached hydrogens (tertiary/aromatic N) is 1. The van der Waals surface area contributed by atoms with E-state index in [1.807, 2.05) is 4.90 Å². The summed E-state index contributed by atoms with van der Waals surface area (Å²) >= 11 is 0. The van der Waals surface area contributed by atoms with Gasteiger partial charge in [0.25, 0.3) is 0 Å². The minimum atomic E-state index is 0.145. The molecule has 1 aliphatic heterocycles. The molecule has 0 aromatic heterocycles. The van der Waals surface area contributed by atoms with Crippen LogP contribution in [0.5, 0.6) is 0 Å². The van der Waals surface area contributed by atoms with Gasteiger partial charge in [0.1, 0.15) is 0 Å². The Kier molecular flexibility index (Phi) is 3.33. The number of amides is 1. The molecule has 1 aliphatic carbocycles. The highest BCUT2D eigenvalue weighted by Crippen LogP contribution is 2.43. The van der Waals surface area contributed by atoms with Gasteiger partial charge in [-0.2, -0.15) is 0 Å². The number of nitrogens with two attached hydrogens (primary N) is 1. The molecule has 16 heavy (non-hydrogen) atoms. The fraction of sp³-hybridized carbons (Fsp3) is 0.769. The zero-order valence-corrected chi connectivity index (χ0v) is 10.2. The number of carbonyl (C=O) groups excluding carboxylic acids is 1. The zero-order valence-electron chi connectivity index (χ0n) is 10.2. The summed E-state index contributed by atoms with van der Waals surface area (Å²) in [4.78, 5) is 14.1. The molecule has 0 aromatic carbocycles. The van der Waals surface area contributed by atoms with Crippen LogP contribution in [0.25, 0.3) is 0 Å². The average Bonchev–Trinajstić information content (AvgIpc) is 2.23. The van der Waals surface area contributed by atoms with E-state index in [4.69, 9.17) is 5.73 Å². The van der Waals surface area contributed by atoms with E-state index in [0.717, 1.165) is 32.4 Å². The quantitative estimate of drug-likeness (QED) is 0.739. The van der Waals surface area contributed by atoms with Gasteiger partial charge < -0.3 is 10.6 Å². The van der Waals surface area contributed by atoms with Gasteiger partial charge in [0.15, 0.2) is 0 Å². The first-order chi connectivity index (χ1) is 7.65. The van der Waals surface area contributed by atoms with Crippen molar-refractivity contribution in [1.29, 1.82) is 0 Å². The first-order valence-corrected chi connectivity index (χ1v) is 6.29. The fourth-order valence-electron chi connectivity index (χ4n) is 2.69. The van der Waals surface area contributed by atoms with Gasteiger partial charge in [0, 0.05) is 19.5 Å². The van der Waals surface area contributed by atoms with Crippen LogP contribution in [0.3, 0.4) is 0 Å². The summed E-state index contributed by atoms with van der Waals surface area (Å²) < 4.78 is 0. The first kappa shape index (κ1) is 11.6. The zero-order chi connectivity index (χ0) is 11.6. The lowest BCUT2D eigenvalue weighted by Crippen LogP contribution is -2.44. The van der Waals surface area contributed by atoms with Gasteiger partial charge in [0.05, 0.1) is 0 Å².